The van der Waals surface area contributed by atoms with E-state index in [1.165, 1.54) is 7.11 Å². The number of esters is 1. The van der Waals surface area contributed by atoms with Gasteiger partial charge < -0.3 is 24.8 Å². The van der Waals surface area contributed by atoms with Crippen LogP contribution in [0.4, 0.5) is 0 Å². The zero-order valence-electron chi connectivity index (χ0n) is 15.4. The molecule has 8 heteroatoms. The number of ether oxygens (including phenoxy) is 3. The second-order valence-electron chi connectivity index (χ2n) is 5.97. The highest BCUT2D eigenvalue weighted by Gasteiger charge is 2.27. The molecule has 0 bridgehead atoms. The van der Waals surface area contributed by atoms with E-state index >= 15 is 0 Å². The molecule has 0 radical (unpaired) electrons. The van der Waals surface area contributed by atoms with Crippen LogP contribution in [0.5, 0.6) is 11.5 Å². The van der Waals surface area contributed by atoms with Gasteiger partial charge in [0.2, 0.25) is 5.91 Å². The summed E-state index contributed by atoms with van der Waals surface area (Å²) in [5.41, 5.74) is 0.719. The van der Waals surface area contributed by atoms with E-state index in [1.54, 1.807) is 32.4 Å². The molecule has 0 aliphatic carbocycles. The molecule has 2 N–H and O–H groups in total. The maximum absolute atomic E-state index is 12.6. The lowest BCUT2D eigenvalue weighted by molar-refractivity contribution is -0.141. The van der Waals surface area contributed by atoms with Crippen LogP contribution in [0.2, 0.25) is 0 Å². The van der Waals surface area contributed by atoms with Crippen LogP contribution in [-0.4, -0.2) is 46.3 Å². The van der Waals surface area contributed by atoms with Crippen molar-refractivity contribution in [3.05, 3.63) is 23.8 Å². The second-order valence-corrected chi connectivity index (χ2v) is 5.97. The first kappa shape index (κ1) is 22.1. The first-order valence-electron chi connectivity index (χ1n) is 8.38. The Morgan fingerprint density at radius 2 is 1.88 bits per heavy atom. The van der Waals surface area contributed by atoms with Gasteiger partial charge in [-0.1, -0.05) is 0 Å². The zero-order valence-corrected chi connectivity index (χ0v) is 16.2. The summed E-state index contributed by atoms with van der Waals surface area (Å²) in [7, 11) is 4.45. The van der Waals surface area contributed by atoms with E-state index in [2.05, 4.69) is 10.6 Å². The van der Waals surface area contributed by atoms with Crippen molar-refractivity contribution in [1.29, 1.82) is 0 Å². The molecule has 0 aromatic heterocycles. The first-order chi connectivity index (χ1) is 12.1. The molecule has 146 valence electrons. The average Bonchev–Trinajstić information content (AvgIpc) is 2.67. The Hall–Kier alpha value is -1.99. The summed E-state index contributed by atoms with van der Waals surface area (Å²) in [5.74, 6) is 0.702. The lowest BCUT2D eigenvalue weighted by atomic mass is 9.95. The summed E-state index contributed by atoms with van der Waals surface area (Å²) in [4.78, 5) is 24.4. The van der Waals surface area contributed by atoms with Crippen molar-refractivity contribution in [2.75, 3.05) is 34.4 Å². The van der Waals surface area contributed by atoms with Crippen molar-refractivity contribution >= 4 is 24.3 Å². The van der Waals surface area contributed by atoms with Crippen molar-refractivity contribution < 1.29 is 23.8 Å². The van der Waals surface area contributed by atoms with Gasteiger partial charge in [-0.25, -0.2) is 0 Å². The SMILES string of the molecule is COC(=O)CC(NC(=O)C1CCNCC1)c1ccc(OC)cc1OC.Cl. The number of carbonyl (C=O) groups is 2. The first-order valence-corrected chi connectivity index (χ1v) is 8.38. The second kappa shape index (κ2) is 10.9. The Balaban J connectivity index is 0.00000338. The van der Waals surface area contributed by atoms with Crippen molar-refractivity contribution in [2.45, 2.75) is 25.3 Å². The highest BCUT2D eigenvalue weighted by Crippen LogP contribution is 2.31. The van der Waals surface area contributed by atoms with Crippen LogP contribution in [0.1, 0.15) is 30.9 Å². The molecule has 1 unspecified atom stereocenters. The predicted molar refractivity (Wildman–Crippen MR) is 99.9 cm³/mol. The number of nitrogens with one attached hydrogen (secondary N) is 2. The van der Waals surface area contributed by atoms with Gasteiger partial charge >= 0.3 is 5.97 Å². The minimum Gasteiger partial charge on any atom is -0.497 e. The van der Waals surface area contributed by atoms with Gasteiger partial charge in [-0.05, 0) is 38.1 Å². The molecule has 1 amide bonds. The lowest BCUT2D eigenvalue weighted by Gasteiger charge is -2.26. The van der Waals surface area contributed by atoms with Gasteiger partial charge in [0.1, 0.15) is 11.5 Å². The van der Waals surface area contributed by atoms with Crippen LogP contribution in [0, 0.1) is 5.92 Å². The van der Waals surface area contributed by atoms with E-state index in [0.29, 0.717) is 11.5 Å². The minimum absolute atomic E-state index is 0. The third-order valence-electron chi connectivity index (χ3n) is 4.44. The Kier molecular flexibility index (Phi) is 9.23. The lowest BCUT2D eigenvalue weighted by Crippen LogP contribution is -2.40. The Bertz CT molecular complexity index is 605. The monoisotopic (exact) mass is 386 g/mol. The third-order valence-corrected chi connectivity index (χ3v) is 4.44. The van der Waals surface area contributed by atoms with Gasteiger partial charge in [-0.2, -0.15) is 0 Å². The number of halogens is 1. The summed E-state index contributed by atoms with van der Waals surface area (Å²) in [5, 5.41) is 6.23. The van der Waals surface area contributed by atoms with Gasteiger partial charge in [-0.3, -0.25) is 9.59 Å². The Morgan fingerprint density at radius 1 is 1.19 bits per heavy atom. The molecule has 26 heavy (non-hydrogen) atoms. The van der Waals surface area contributed by atoms with Gasteiger partial charge in [-0.15, -0.1) is 12.4 Å². The molecular formula is C18H27ClN2O5. The number of amides is 1. The van der Waals surface area contributed by atoms with Crippen molar-refractivity contribution in [2.24, 2.45) is 5.92 Å². The van der Waals surface area contributed by atoms with Crippen molar-refractivity contribution in [3.8, 4) is 11.5 Å². The fourth-order valence-electron chi connectivity index (χ4n) is 2.97. The van der Waals surface area contributed by atoms with Crippen LogP contribution in [0.3, 0.4) is 0 Å². The van der Waals surface area contributed by atoms with Gasteiger partial charge in [0.25, 0.3) is 0 Å². The maximum atomic E-state index is 12.6. The number of carbonyl (C=O) groups excluding carboxylic acids is 2. The van der Waals surface area contributed by atoms with Gasteiger partial charge in [0.15, 0.2) is 0 Å². The molecule has 1 saturated heterocycles. The summed E-state index contributed by atoms with van der Waals surface area (Å²) >= 11 is 0. The summed E-state index contributed by atoms with van der Waals surface area (Å²) in [6.45, 7) is 1.65. The third kappa shape index (κ3) is 5.78. The molecule has 1 aliphatic rings. The summed E-state index contributed by atoms with van der Waals surface area (Å²) in [6, 6.07) is 4.79. The van der Waals surface area contributed by atoms with Crippen LogP contribution in [0.15, 0.2) is 18.2 Å². The molecule has 1 atom stereocenters. The number of rotatable bonds is 7. The minimum atomic E-state index is -0.518. The predicted octanol–water partition coefficient (Wildman–Crippen LogP) is 1.85. The number of piperidine rings is 1. The molecule has 0 saturated carbocycles. The number of hydrogen-bond donors (Lipinski definition) is 2. The van der Waals surface area contributed by atoms with Crippen molar-refractivity contribution in [3.63, 3.8) is 0 Å². The molecular weight excluding hydrogens is 360 g/mol. The van der Waals surface area contributed by atoms with E-state index in [0.717, 1.165) is 31.5 Å². The molecule has 7 nitrogen and oxygen atoms in total. The molecule has 2 rings (SSSR count). The highest BCUT2D eigenvalue weighted by molar-refractivity contribution is 5.85. The van der Waals surface area contributed by atoms with Crippen LogP contribution in [0.25, 0.3) is 0 Å². The van der Waals surface area contributed by atoms with Crippen molar-refractivity contribution in [1.82, 2.24) is 10.6 Å². The number of hydrogen-bond acceptors (Lipinski definition) is 6. The Morgan fingerprint density at radius 3 is 2.46 bits per heavy atom. The quantitative estimate of drug-likeness (QED) is 0.695. The van der Waals surface area contributed by atoms with E-state index in [9.17, 15) is 9.59 Å². The average molecular weight is 387 g/mol. The normalized spacial score (nSPS) is 15.3. The molecule has 1 aromatic rings. The topological polar surface area (TPSA) is 85.9 Å². The largest absolute Gasteiger partial charge is 0.497 e. The van der Waals surface area contributed by atoms with Gasteiger partial charge in [0, 0.05) is 17.5 Å². The van der Waals surface area contributed by atoms with E-state index in [1.807, 2.05) is 0 Å². The van der Waals surface area contributed by atoms with Crippen LogP contribution < -0.4 is 20.1 Å². The summed E-state index contributed by atoms with van der Waals surface area (Å²) in [6.07, 6.45) is 1.61. The molecule has 0 spiro atoms. The molecule has 1 aliphatic heterocycles. The van der Waals surface area contributed by atoms with Crippen LogP contribution in [-0.2, 0) is 14.3 Å². The molecule has 1 heterocycles. The fourth-order valence-corrected chi connectivity index (χ4v) is 2.97. The van der Waals surface area contributed by atoms with E-state index in [4.69, 9.17) is 14.2 Å². The molecule has 1 fully saturated rings. The summed E-state index contributed by atoms with van der Waals surface area (Å²) < 4.78 is 15.4. The fraction of sp³-hybridized carbons (Fsp3) is 0.556. The van der Waals surface area contributed by atoms with Crippen LogP contribution >= 0.6 is 12.4 Å². The highest BCUT2D eigenvalue weighted by atomic mass is 35.5. The zero-order chi connectivity index (χ0) is 18.2. The standard InChI is InChI=1S/C18H26N2O5.ClH/c1-23-13-4-5-14(16(10-13)24-2)15(11-17(21)25-3)20-18(22)12-6-8-19-9-7-12;/h4-5,10,12,15,19H,6-9,11H2,1-3H3,(H,20,22);1H. The Labute approximate surface area is 160 Å². The maximum Gasteiger partial charge on any atom is 0.307 e. The van der Waals surface area contributed by atoms with E-state index < -0.39 is 12.0 Å². The van der Waals surface area contributed by atoms with E-state index in [-0.39, 0.29) is 30.7 Å². The van der Waals surface area contributed by atoms with Gasteiger partial charge in [0.05, 0.1) is 33.8 Å². The number of methoxy groups -OCH3 is 3. The molecule has 1 aromatic carbocycles. The number of benzene rings is 1. The smallest absolute Gasteiger partial charge is 0.307 e.